The zero-order chi connectivity index (χ0) is 13.1. The molecule has 0 atom stereocenters. The van der Waals surface area contributed by atoms with E-state index >= 15 is 0 Å². The normalized spacial score (nSPS) is 25.2. The molecule has 4 heteroatoms. The summed E-state index contributed by atoms with van der Waals surface area (Å²) in [5.74, 6) is 0.00862. The van der Waals surface area contributed by atoms with Crippen molar-refractivity contribution < 1.29 is 14.3 Å². The first-order chi connectivity index (χ1) is 7.83. The number of ether oxygens (including phenoxy) is 1. The second-order valence-electron chi connectivity index (χ2n) is 5.70. The monoisotopic (exact) mass is 241 g/mol. The summed E-state index contributed by atoms with van der Waals surface area (Å²) in [5, 5.41) is 2.66. The number of hydrogen-bond donors (Lipinski definition) is 1. The molecule has 1 aliphatic carbocycles. The molecule has 0 spiro atoms. The van der Waals surface area contributed by atoms with Gasteiger partial charge in [0.15, 0.2) is 0 Å². The highest BCUT2D eigenvalue weighted by Gasteiger charge is 2.31. The first-order valence-corrected chi connectivity index (χ1v) is 6.28. The Hall–Kier alpha value is -1.06. The summed E-state index contributed by atoms with van der Waals surface area (Å²) >= 11 is 0. The van der Waals surface area contributed by atoms with Crippen molar-refractivity contribution in [3.8, 4) is 0 Å². The van der Waals surface area contributed by atoms with Crippen molar-refractivity contribution in [1.82, 2.24) is 5.32 Å². The van der Waals surface area contributed by atoms with Gasteiger partial charge in [-0.1, -0.05) is 0 Å². The summed E-state index contributed by atoms with van der Waals surface area (Å²) in [4.78, 5) is 23.3. The van der Waals surface area contributed by atoms with Gasteiger partial charge >= 0.3 is 5.97 Å². The summed E-state index contributed by atoms with van der Waals surface area (Å²) in [5.41, 5.74) is -0.422. The predicted octanol–water partition coefficient (Wildman–Crippen LogP) is 1.88. The lowest BCUT2D eigenvalue weighted by atomic mass is 9.81. The summed E-state index contributed by atoms with van der Waals surface area (Å²) in [6.07, 6.45) is 3.08. The highest BCUT2D eigenvalue weighted by Crippen LogP contribution is 2.30. The quantitative estimate of drug-likeness (QED) is 0.751. The molecule has 1 N–H and O–H groups in total. The van der Waals surface area contributed by atoms with Crippen LogP contribution < -0.4 is 5.32 Å². The van der Waals surface area contributed by atoms with Crippen LogP contribution in [0, 0.1) is 11.8 Å². The Labute approximate surface area is 103 Å². The van der Waals surface area contributed by atoms with Crippen LogP contribution in [0.25, 0.3) is 0 Å². The van der Waals surface area contributed by atoms with Crippen LogP contribution in [-0.4, -0.2) is 24.5 Å². The maximum atomic E-state index is 11.8. The lowest BCUT2D eigenvalue weighted by molar-refractivity contribution is -0.161. The largest absolute Gasteiger partial charge is 0.460 e. The number of carbonyl (C=O) groups is 2. The number of nitrogens with one attached hydrogen (secondary N) is 1. The van der Waals surface area contributed by atoms with E-state index in [-0.39, 0.29) is 23.7 Å². The minimum Gasteiger partial charge on any atom is -0.460 e. The van der Waals surface area contributed by atoms with E-state index in [4.69, 9.17) is 4.74 Å². The molecule has 1 aliphatic rings. The van der Waals surface area contributed by atoms with Crippen molar-refractivity contribution in [3.05, 3.63) is 0 Å². The van der Waals surface area contributed by atoms with Crippen LogP contribution >= 0.6 is 0 Å². The van der Waals surface area contributed by atoms with Gasteiger partial charge < -0.3 is 10.1 Å². The molecule has 1 amide bonds. The Kier molecular flexibility index (Phi) is 4.54. The van der Waals surface area contributed by atoms with Crippen LogP contribution in [0.15, 0.2) is 0 Å². The maximum absolute atomic E-state index is 11.8. The van der Waals surface area contributed by atoms with Crippen molar-refractivity contribution >= 4 is 11.9 Å². The molecule has 1 saturated carbocycles. The standard InChI is InChI=1S/C13H23NO3/c1-13(2,3)17-12(16)10-7-5-9(6-8-10)11(15)14-4/h9-10H,5-8H2,1-4H3,(H,14,15). The van der Waals surface area contributed by atoms with E-state index in [0.717, 1.165) is 25.7 Å². The summed E-state index contributed by atoms with van der Waals surface area (Å²) < 4.78 is 5.36. The zero-order valence-electron chi connectivity index (χ0n) is 11.2. The van der Waals surface area contributed by atoms with E-state index in [1.54, 1.807) is 7.05 Å². The Balaban J connectivity index is 2.42. The molecular formula is C13H23NO3. The second kappa shape index (κ2) is 5.52. The lowest BCUT2D eigenvalue weighted by Gasteiger charge is -2.29. The molecule has 98 valence electrons. The van der Waals surface area contributed by atoms with Crippen LogP contribution in [0.5, 0.6) is 0 Å². The number of amides is 1. The molecule has 0 unspecified atom stereocenters. The molecular weight excluding hydrogens is 218 g/mol. The Bertz CT molecular complexity index is 286. The molecule has 0 aliphatic heterocycles. The SMILES string of the molecule is CNC(=O)C1CCC(C(=O)OC(C)(C)C)CC1. The minimum absolute atomic E-state index is 0.0323. The van der Waals surface area contributed by atoms with Gasteiger partial charge in [-0.2, -0.15) is 0 Å². The van der Waals surface area contributed by atoms with Gasteiger partial charge in [0.05, 0.1) is 5.92 Å². The topological polar surface area (TPSA) is 55.4 Å². The molecule has 0 bridgehead atoms. The summed E-state index contributed by atoms with van der Waals surface area (Å²) in [6.45, 7) is 5.63. The zero-order valence-corrected chi connectivity index (χ0v) is 11.2. The third-order valence-electron chi connectivity index (χ3n) is 3.08. The first-order valence-electron chi connectivity index (χ1n) is 6.28. The summed E-state index contributed by atoms with van der Waals surface area (Å²) in [7, 11) is 1.66. The predicted molar refractivity (Wildman–Crippen MR) is 65.4 cm³/mol. The maximum Gasteiger partial charge on any atom is 0.309 e. The average molecular weight is 241 g/mol. The average Bonchev–Trinajstić information content (AvgIpc) is 2.26. The van der Waals surface area contributed by atoms with Crippen molar-refractivity contribution in [3.63, 3.8) is 0 Å². The fraction of sp³-hybridized carbons (Fsp3) is 0.846. The van der Waals surface area contributed by atoms with Crippen LogP contribution in [-0.2, 0) is 14.3 Å². The van der Waals surface area contributed by atoms with Crippen molar-refractivity contribution in [1.29, 1.82) is 0 Å². The Morgan fingerprint density at radius 2 is 1.53 bits per heavy atom. The number of hydrogen-bond acceptors (Lipinski definition) is 3. The van der Waals surface area contributed by atoms with Crippen molar-refractivity contribution in [2.24, 2.45) is 11.8 Å². The number of esters is 1. The highest BCUT2D eigenvalue weighted by atomic mass is 16.6. The van der Waals surface area contributed by atoms with Gasteiger partial charge in [0.1, 0.15) is 5.60 Å². The molecule has 17 heavy (non-hydrogen) atoms. The van der Waals surface area contributed by atoms with E-state index in [1.807, 2.05) is 20.8 Å². The van der Waals surface area contributed by atoms with Crippen LogP contribution in [0.3, 0.4) is 0 Å². The third kappa shape index (κ3) is 4.36. The second-order valence-corrected chi connectivity index (χ2v) is 5.70. The molecule has 4 nitrogen and oxygen atoms in total. The molecule has 1 fully saturated rings. The Morgan fingerprint density at radius 3 is 1.94 bits per heavy atom. The molecule has 0 radical (unpaired) electrons. The fourth-order valence-corrected chi connectivity index (χ4v) is 2.18. The first kappa shape index (κ1) is 14.0. The fourth-order valence-electron chi connectivity index (χ4n) is 2.18. The van der Waals surface area contributed by atoms with E-state index in [9.17, 15) is 9.59 Å². The third-order valence-corrected chi connectivity index (χ3v) is 3.08. The molecule has 0 heterocycles. The van der Waals surface area contributed by atoms with Crippen molar-refractivity contribution in [2.45, 2.75) is 52.1 Å². The van der Waals surface area contributed by atoms with Crippen LogP contribution in [0.1, 0.15) is 46.5 Å². The molecule has 0 aromatic rings. The van der Waals surface area contributed by atoms with Gasteiger partial charge in [-0.15, -0.1) is 0 Å². The van der Waals surface area contributed by atoms with Gasteiger partial charge in [-0.25, -0.2) is 0 Å². The van der Waals surface area contributed by atoms with E-state index in [0.29, 0.717) is 0 Å². The van der Waals surface area contributed by atoms with Gasteiger partial charge in [-0.3, -0.25) is 9.59 Å². The number of carbonyl (C=O) groups excluding carboxylic acids is 2. The molecule has 0 aromatic carbocycles. The smallest absolute Gasteiger partial charge is 0.309 e. The molecule has 0 saturated heterocycles. The highest BCUT2D eigenvalue weighted by molar-refractivity contribution is 5.79. The van der Waals surface area contributed by atoms with Crippen LogP contribution in [0.2, 0.25) is 0 Å². The van der Waals surface area contributed by atoms with Gasteiger partial charge in [0, 0.05) is 13.0 Å². The van der Waals surface area contributed by atoms with Crippen LogP contribution in [0.4, 0.5) is 0 Å². The van der Waals surface area contributed by atoms with E-state index < -0.39 is 5.60 Å². The van der Waals surface area contributed by atoms with Gasteiger partial charge in [-0.05, 0) is 46.5 Å². The Morgan fingerprint density at radius 1 is 1.06 bits per heavy atom. The van der Waals surface area contributed by atoms with E-state index in [1.165, 1.54) is 0 Å². The van der Waals surface area contributed by atoms with E-state index in [2.05, 4.69) is 5.32 Å². The molecule has 1 rings (SSSR count). The minimum atomic E-state index is -0.422. The van der Waals surface area contributed by atoms with Gasteiger partial charge in [0.25, 0.3) is 0 Å². The summed E-state index contributed by atoms with van der Waals surface area (Å²) in [6, 6.07) is 0. The lowest BCUT2D eigenvalue weighted by Crippen LogP contribution is -2.34. The van der Waals surface area contributed by atoms with Crippen molar-refractivity contribution in [2.75, 3.05) is 7.05 Å². The number of rotatable bonds is 2. The molecule has 0 aromatic heterocycles. The van der Waals surface area contributed by atoms with Gasteiger partial charge in [0.2, 0.25) is 5.91 Å².